The Morgan fingerprint density at radius 3 is 2.31 bits per heavy atom. The molecule has 89 valence electrons. The van der Waals surface area contributed by atoms with Crippen molar-refractivity contribution in [3.05, 3.63) is 30.1 Å². The predicted octanol–water partition coefficient (Wildman–Crippen LogP) is 4.56. The standard InChI is InChI=1S/C15H24N/c1-2-3-4-5-6-7-8-9-12-15-13-10-11-14-16-15/h10-11,14H,2-9,12H2,1H3. The normalized spacial score (nSPS) is 10.6. The molecule has 0 aromatic carbocycles. The molecule has 1 nitrogen and oxygen atoms in total. The number of rotatable bonds is 9. The summed E-state index contributed by atoms with van der Waals surface area (Å²) >= 11 is 0. The zero-order chi connectivity index (χ0) is 11.5. The molecule has 1 rings (SSSR count). The Labute approximate surface area is 100 Å². The Bertz CT molecular complexity index is 243. The summed E-state index contributed by atoms with van der Waals surface area (Å²) in [5.41, 5.74) is 1.12. The van der Waals surface area contributed by atoms with Gasteiger partial charge < -0.3 is 0 Å². The maximum atomic E-state index is 4.28. The van der Waals surface area contributed by atoms with Crippen LogP contribution < -0.4 is 0 Å². The number of nitrogens with zero attached hydrogens (tertiary/aromatic N) is 1. The molecule has 1 radical (unpaired) electrons. The summed E-state index contributed by atoms with van der Waals surface area (Å²) in [5.74, 6) is 0. The molecule has 0 saturated carbocycles. The average molecular weight is 218 g/mol. The van der Waals surface area contributed by atoms with Gasteiger partial charge in [-0.15, -0.1) is 0 Å². The molecule has 1 aromatic heterocycles. The molecule has 16 heavy (non-hydrogen) atoms. The first kappa shape index (κ1) is 13.2. The van der Waals surface area contributed by atoms with Crippen LogP contribution in [0.2, 0.25) is 0 Å². The molecule has 0 unspecified atom stereocenters. The summed E-state index contributed by atoms with van der Waals surface area (Å²) < 4.78 is 0. The second-order valence-corrected chi connectivity index (χ2v) is 4.45. The van der Waals surface area contributed by atoms with Crippen molar-refractivity contribution < 1.29 is 0 Å². The molecule has 0 amide bonds. The van der Waals surface area contributed by atoms with Gasteiger partial charge in [0.1, 0.15) is 0 Å². The Morgan fingerprint density at radius 2 is 1.69 bits per heavy atom. The highest BCUT2D eigenvalue weighted by molar-refractivity contribution is 5.00. The summed E-state index contributed by atoms with van der Waals surface area (Å²) in [7, 11) is 0. The van der Waals surface area contributed by atoms with Crippen molar-refractivity contribution in [3.8, 4) is 0 Å². The second kappa shape index (κ2) is 9.38. The highest BCUT2D eigenvalue weighted by atomic mass is 14.7. The van der Waals surface area contributed by atoms with Gasteiger partial charge in [-0.2, -0.15) is 0 Å². The fraction of sp³-hybridized carbons (Fsp3) is 0.667. The van der Waals surface area contributed by atoms with Gasteiger partial charge in [-0.3, -0.25) is 4.98 Å². The zero-order valence-corrected chi connectivity index (χ0v) is 10.5. The third kappa shape index (κ3) is 6.60. The van der Waals surface area contributed by atoms with Crippen molar-refractivity contribution >= 4 is 0 Å². The van der Waals surface area contributed by atoms with Gasteiger partial charge in [-0.1, -0.05) is 57.9 Å². The third-order valence-electron chi connectivity index (χ3n) is 2.93. The lowest BCUT2D eigenvalue weighted by Crippen LogP contribution is -1.89. The van der Waals surface area contributed by atoms with Crippen molar-refractivity contribution in [1.29, 1.82) is 0 Å². The van der Waals surface area contributed by atoms with Crippen LogP contribution in [0.15, 0.2) is 18.3 Å². The Kier molecular flexibility index (Phi) is 7.75. The van der Waals surface area contributed by atoms with Crippen LogP contribution in [-0.4, -0.2) is 4.98 Å². The number of aromatic nitrogens is 1. The molecular weight excluding hydrogens is 194 g/mol. The molecule has 0 spiro atoms. The summed E-state index contributed by atoms with van der Waals surface area (Å²) in [4.78, 5) is 4.28. The van der Waals surface area contributed by atoms with Crippen molar-refractivity contribution in [3.63, 3.8) is 0 Å². The molecule has 0 aliphatic carbocycles. The van der Waals surface area contributed by atoms with E-state index < -0.39 is 0 Å². The van der Waals surface area contributed by atoms with Crippen LogP contribution in [0, 0.1) is 6.07 Å². The van der Waals surface area contributed by atoms with Gasteiger partial charge in [0.15, 0.2) is 0 Å². The van der Waals surface area contributed by atoms with E-state index in [1.807, 2.05) is 18.3 Å². The van der Waals surface area contributed by atoms with Crippen molar-refractivity contribution in [2.24, 2.45) is 0 Å². The van der Waals surface area contributed by atoms with Crippen LogP contribution in [0.3, 0.4) is 0 Å². The second-order valence-electron chi connectivity index (χ2n) is 4.45. The van der Waals surface area contributed by atoms with Gasteiger partial charge in [0.2, 0.25) is 0 Å². The van der Waals surface area contributed by atoms with Crippen molar-refractivity contribution in [2.75, 3.05) is 0 Å². The smallest absolute Gasteiger partial charge is 0.0482 e. The van der Waals surface area contributed by atoms with Gasteiger partial charge in [-0.05, 0) is 18.9 Å². The molecular formula is C15H24N. The van der Waals surface area contributed by atoms with E-state index in [2.05, 4.69) is 18.0 Å². The van der Waals surface area contributed by atoms with Crippen molar-refractivity contribution in [2.45, 2.75) is 64.7 Å². The van der Waals surface area contributed by atoms with E-state index in [9.17, 15) is 0 Å². The minimum Gasteiger partial charge on any atom is -0.261 e. The Hall–Kier alpha value is -0.850. The highest BCUT2D eigenvalue weighted by Crippen LogP contribution is 2.09. The maximum absolute atomic E-state index is 4.28. The Morgan fingerprint density at radius 1 is 1.00 bits per heavy atom. The molecule has 0 fully saturated rings. The van der Waals surface area contributed by atoms with Gasteiger partial charge in [0.25, 0.3) is 0 Å². The van der Waals surface area contributed by atoms with Crippen LogP contribution in [0.1, 0.15) is 64.0 Å². The fourth-order valence-electron chi connectivity index (χ4n) is 1.92. The third-order valence-corrected chi connectivity index (χ3v) is 2.93. The number of aryl methyl sites for hydroxylation is 1. The molecule has 1 heteroatoms. The zero-order valence-electron chi connectivity index (χ0n) is 10.5. The molecule has 0 N–H and O–H groups in total. The molecule has 0 aliphatic heterocycles. The number of hydrogen-bond acceptors (Lipinski definition) is 1. The minimum absolute atomic E-state index is 1.09. The largest absolute Gasteiger partial charge is 0.261 e. The summed E-state index contributed by atoms with van der Waals surface area (Å²) in [5, 5.41) is 0. The van der Waals surface area contributed by atoms with Crippen LogP contribution >= 0.6 is 0 Å². The van der Waals surface area contributed by atoms with E-state index >= 15 is 0 Å². The van der Waals surface area contributed by atoms with Crippen LogP contribution in [0.4, 0.5) is 0 Å². The molecule has 0 atom stereocenters. The van der Waals surface area contributed by atoms with E-state index in [1.54, 1.807) is 0 Å². The molecule has 0 bridgehead atoms. The summed E-state index contributed by atoms with van der Waals surface area (Å²) in [6.07, 6.45) is 13.9. The van der Waals surface area contributed by atoms with Crippen LogP contribution in [-0.2, 0) is 6.42 Å². The highest BCUT2D eigenvalue weighted by Gasteiger charge is 1.94. The SMILES string of the molecule is CCCCCCCCCCc1[c]cccn1. The van der Waals surface area contributed by atoms with Crippen LogP contribution in [0.5, 0.6) is 0 Å². The first-order valence-electron chi connectivity index (χ1n) is 6.75. The van der Waals surface area contributed by atoms with E-state index in [4.69, 9.17) is 0 Å². The first-order chi connectivity index (χ1) is 7.93. The van der Waals surface area contributed by atoms with Gasteiger partial charge in [0.05, 0.1) is 0 Å². The summed E-state index contributed by atoms with van der Waals surface area (Å²) in [6, 6.07) is 7.06. The van der Waals surface area contributed by atoms with Gasteiger partial charge in [0, 0.05) is 18.0 Å². The number of pyridine rings is 1. The Balaban J connectivity index is 1.89. The van der Waals surface area contributed by atoms with E-state index in [0.29, 0.717) is 0 Å². The predicted molar refractivity (Wildman–Crippen MR) is 69.4 cm³/mol. The lowest BCUT2D eigenvalue weighted by Gasteiger charge is -2.01. The summed E-state index contributed by atoms with van der Waals surface area (Å²) in [6.45, 7) is 2.27. The van der Waals surface area contributed by atoms with E-state index in [0.717, 1.165) is 12.1 Å². The van der Waals surface area contributed by atoms with E-state index in [1.165, 1.54) is 51.4 Å². The first-order valence-corrected chi connectivity index (χ1v) is 6.75. The number of unbranched alkanes of at least 4 members (excludes halogenated alkanes) is 7. The molecule has 1 heterocycles. The lowest BCUT2D eigenvalue weighted by molar-refractivity contribution is 0.574. The molecule has 0 aliphatic rings. The van der Waals surface area contributed by atoms with Crippen molar-refractivity contribution in [1.82, 2.24) is 4.98 Å². The molecule has 1 aromatic rings. The topological polar surface area (TPSA) is 12.9 Å². The minimum atomic E-state index is 1.09. The maximum Gasteiger partial charge on any atom is 0.0482 e. The lowest BCUT2D eigenvalue weighted by atomic mass is 10.1. The molecule has 0 saturated heterocycles. The average Bonchev–Trinajstić information content (AvgIpc) is 2.34. The number of hydrogen-bond donors (Lipinski definition) is 0. The van der Waals surface area contributed by atoms with Gasteiger partial charge >= 0.3 is 0 Å². The monoisotopic (exact) mass is 218 g/mol. The van der Waals surface area contributed by atoms with Gasteiger partial charge in [-0.25, -0.2) is 0 Å². The van der Waals surface area contributed by atoms with E-state index in [-0.39, 0.29) is 0 Å². The fourth-order valence-corrected chi connectivity index (χ4v) is 1.92. The van der Waals surface area contributed by atoms with Crippen LogP contribution in [0.25, 0.3) is 0 Å². The quantitative estimate of drug-likeness (QED) is 0.553.